The largest absolute Gasteiger partial charge is 0.419 e. The lowest BCUT2D eigenvalue weighted by atomic mass is 10.2. The molecule has 10 heteroatoms. The van der Waals surface area contributed by atoms with Crippen molar-refractivity contribution in [3.05, 3.63) is 23.5 Å². The van der Waals surface area contributed by atoms with Crippen molar-refractivity contribution in [3.63, 3.8) is 0 Å². The van der Waals surface area contributed by atoms with E-state index in [1.54, 1.807) is 0 Å². The minimum Gasteiger partial charge on any atom is -0.419 e. The number of cyclic esters (lactones) is 4. The van der Waals surface area contributed by atoms with Crippen LogP contribution in [-0.4, -0.2) is 48.5 Å². The summed E-state index contributed by atoms with van der Waals surface area (Å²) in [5, 5.41) is 5.60. The number of hydrogen-bond donors (Lipinski definition) is 2. The first-order valence-corrected chi connectivity index (χ1v) is 8.31. The molecular formula is C17H22N2O8. The van der Waals surface area contributed by atoms with Crippen LogP contribution in [0.2, 0.25) is 0 Å². The quantitative estimate of drug-likeness (QED) is 0.280. The van der Waals surface area contributed by atoms with E-state index in [0.717, 1.165) is 0 Å². The number of carbonyl (C=O) groups excluding carboxylic acids is 4. The fraction of sp³-hybridized carbons (Fsp3) is 0.529. The summed E-state index contributed by atoms with van der Waals surface area (Å²) in [7, 11) is 0. The van der Waals surface area contributed by atoms with Gasteiger partial charge in [0.1, 0.15) is 0 Å². The van der Waals surface area contributed by atoms with Gasteiger partial charge in [-0.3, -0.25) is 0 Å². The van der Waals surface area contributed by atoms with Gasteiger partial charge in [0.2, 0.25) is 0 Å². The Morgan fingerprint density at radius 1 is 0.667 bits per heavy atom. The van der Waals surface area contributed by atoms with Crippen LogP contribution in [0, 0.1) is 0 Å². The second-order valence-electron chi connectivity index (χ2n) is 6.74. The van der Waals surface area contributed by atoms with E-state index in [1.807, 2.05) is 0 Å². The van der Waals surface area contributed by atoms with E-state index in [-0.39, 0.29) is 11.1 Å². The Morgan fingerprint density at radius 3 is 1.26 bits per heavy atom. The molecule has 0 aliphatic carbocycles. The van der Waals surface area contributed by atoms with E-state index in [4.69, 9.17) is 18.9 Å². The van der Waals surface area contributed by atoms with Crippen LogP contribution in [0.1, 0.15) is 34.1 Å². The molecule has 0 bridgehead atoms. The Morgan fingerprint density at radius 2 is 0.963 bits per heavy atom. The lowest BCUT2D eigenvalue weighted by Gasteiger charge is -2.29. The molecule has 148 valence electrons. The monoisotopic (exact) mass is 382 g/mol. The van der Waals surface area contributed by atoms with Gasteiger partial charge in [0.05, 0.1) is 0 Å². The third-order valence-electron chi connectivity index (χ3n) is 3.37. The Hall–Kier alpha value is -3.04. The van der Waals surface area contributed by atoms with Crippen LogP contribution in [0.25, 0.3) is 0 Å². The molecule has 2 rings (SSSR count). The molecular weight excluding hydrogens is 360 g/mol. The van der Waals surface area contributed by atoms with Gasteiger partial charge in [0, 0.05) is 53.2 Å². The van der Waals surface area contributed by atoms with Crippen molar-refractivity contribution >= 4 is 23.9 Å². The molecule has 0 unspecified atom stereocenters. The molecule has 0 aromatic carbocycles. The first-order valence-electron chi connectivity index (χ1n) is 8.31. The molecule has 0 spiro atoms. The molecule has 0 aromatic rings. The average molecular weight is 382 g/mol. The van der Waals surface area contributed by atoms with Crippen molar-refractivity contribution in [2.45, 2.75) is 45.7 Å². The van der Waals surface area contributed by atoms with Gasteiger partial charge in [-0.15, -0.1) is 0 Å². The van der Waals surface area contributed by atoms with Crippen LogP contribution < -0.4 is 10.6 Å². The fourth-order valence-corrected chi connectivity index (χ4v) is 2.20. The lowest BCUT2D eigenvalue weighted by Crippen LogP contribution is -2.42. The second kappa shape index (κ2) is 7.68. The van der Waals surface area contributed by atoms with E-state index in [0.29, 0.717) is 19.5 Å². The highest BCUT2D eigenvalue weighted by Crippen LogP contribution is 2.22. The number of rotatable bonds is 6. The van der Waals surface area contributed by atoms with Gasteiger partial charge in [0.15, 0.2) is 11.1 Å². The Bertz CT molecular complexity index is 616. The van der Waals surface area contributed by atoms with E-state index < -0.39 is 35.5 Å². The summed E-state index contributed by atoms with van der Waals surface area (Å²) in [6.07, 6.45) is 3.02. The van der Waals surface area contributed by atoms with Gasteiger partial charge in [-0.2, -0.15) is 0 Å². The molecule has 2 fully saturated rings. The topological polar surface area (TPSA) is 129 Å². The van der Waals surface area contributed by atoms with E-state index in [2.05, 4.69) is 10.6 Å². The molecule has 0 aromatic heterocycles. The van der Waals surface area contributed by atoms with Crippen molar-refractivity contribution < 1.29 is 38.1 Å². The third kappa shape index (κ3) is 5.47. The van der Waals surface area contributed by atoms with Crippen LogP contribution in [-0.2, 0) is 38.1 Å². The van der Waals surface area contributed by atoms with Crippen LogP contribution in [0.3, 0.4) is 0 Å². The maximum absolute atomic E-state index is 11.7. The molecule has 10 nitrogen and oxygen atoms in total. The zero-order chi connectivity index (χ0) is 20.2. The van der Waals surface area contributed by atoms with E-state index in [9.17, 15) is 19.2 Å². The maximum Gasteiger partial charge on any atom is 0.350 e. The lowest BCUT2D eigenvalue weighted by molar-refractivity contribution is -0.224. The second-order valence-corrected chi connectivity index (χ2v) is 6.74. The van der Waals surface area contributed by atoms with Gasteiger partial charge >= 0.3 is 23.9 Å². The Kier molecular flexibility index (Phi) is 5.77. The first kappa shape index (κ1) is 20.3. The highest BCUT2D eigenvalue weighted by molar-refractivity contribution is 6.15. The predicted molar refractivity (Wildman–Crippen MR) is 89.3 cm³/mol. The SMILES string of the molecule is CC1(C)OC(=O)C(=CNCCCNC=C2C(=O)OC(C)(C)OC2=O)C(=O)O1. The Labute approximate surface area is 155 Å². The van der Waals surface area contributed by atoms with Crippen LogP contribution >= 0.6 is 0 Å². The fourth-order valence-electron chi connectivity index (χ4n) is 2.20. The number of carbonyl (C=O) groups is 4. The predicted octanol–water partition coefficient (Wildman–Crippen LogP) is -0.00430. The average Bonchev–Trinajstić information content (AvgIpc) is 2.48. The van der Waals surface area contributed by atoms with Crippen molar-refractivity contribution in [3.8, 4) is 0 Å². The summed E-state index contributed by atoms with van der Waals surface area (Å²) in [5.74, 6) is -5.60. The third-order valence-corrected chi connectivity index (χ3v) is 3.37. The molecule has 2 N–H and O–H groups in total. The van der Waals surface area contributed by atoms with Crippen molar-refractivity contribution in [2.75, 3.05) is 13.1 Å². The smallest absolute Gasteiger partial charge is 0.350 e. The summed E-state index contributed by atoms with van der Waals surface area (Å²) in [6.45, 7) is 6.67. The molecule has 0 saturated carbocycles. The highest BCUT2D eigenvalue weighted by Gasteiger charge is 2.39. The zero-order valence-corrected chi connectivity index (χ0v) is 15.5. The summed E-state index contributed by atoms with van der Waals surface area (Å²) >= 11 is 0. The van der Waals surface area contributed by atoms with Gasteiger partial charge in [-0.1, -0.05) is 0 Å². The summed E-state index contributed by atoms with van der Waals surface area (Å²) in [6, 6.07) is 0. The molecule has 2 aliphatic rings. The van der Waals surface area contributed by atoms with Gasteiger partial charge < -0.3 is 29.6 Å². The van der Waals surface area contributed by atoms with E-state index >= 15 is 0 Å². The van der Waals surface area contributed by atoms with Crippen molar-refractivity contribution in [1.82, 2.24) is 10.6 Å². The highest BCUT2D eigenvalue weighted by atomic mass is 16.7. The molecule has 2 aliphatic heterocycles. The number of ether oxygens (including phenoxy) is 4. The van der Waals surface area contributed by atoms with Gasteiger partial charge in [0.25, 0.3) is 11.6 Å². The summed E-state index contributed by atoms with van der Waals surface area (Å²) < 4.78 is 19.8. The minimum atomic E-state index is -1.28. The molecule has 27 heavy (non-hydrogen) atoms. The minimum absolute atomic E-state index is 0.222. The summed E-state index contributed by atoms with van der Waals surface area (Å²) in [4.78, 5) is 46.9. The molecule has 0 amide bonds. The van der Waals surface area contributed by atoms with Crippen LogP contribution in [0.15, 0.2) is 23.5 Å². The zero-order valence-electron chi connectivity index (χ0n) is 15.5. The van der Waals surface area contributed by atoms with Gasteiger partial charge in [-0.05, 0) is 6.42 Å². The van der Waals surface area contributed by atoms with Gasteiger partial charge in [-0.25, -0.2) is 19.2 Å². The van der Waals surface area contributed by atoms with E-state index in [1.165, 1.54) is 40.1 Å². The molecule has 2 heterocycles. The van der Waals surface area contributed by atoms with Crippen LogP contribution in [0.4, 0.5) is 0 Å². The Balaban J connectivity index is 1.74. The molecule has 0 radical (unpaired) electrons. The maximum atomic E-state index is 11.7. The first-order chi connectivity index (χ1) is 12.5. The van der Waals surface area contributed by atoms with Crippen LogP contribution in [0.5, 0.6) is 0 Å². The van der Waals surface area contributed by atoms with Crippen molar-refractivity contribution in [2.24, 2.45) is 0 Å². The standard InChI is InChI=1S/C17H22N2O8/c1-16(2)24-12(20)10(13(21)25-16)8-18-6-5-7-19-9-11-14(22)26-17(3,4)27-15(11)23/h8-9,18-19H,5-7H2,1-4H3. The molecule has 2 saturated heterocycles. The normalized spacial score (nSPS) is 20.7. The number of nitrogens with one attached hydrogen (secondary N) is 2. The molecule has 0 atom stereocenters. The number of esters is 4. The summed E-state index contributed by atoms with van der Waals surface area (Å²) in [5.41, 5.74) is -0.445. The van der Waals surface area contributed by atoms with Crippen molar-refractivity contribution in [1.29, 1.82) is 0 Å². The number of hydrogen-bond acceptors (Lipinski definition) is 10.